The fourth-order valence-corrected chi connectivity index (χ4v) is 2.06. The summed E-state index contributed by atoms with van der Waals surface area (Å²) in [6.07, 6.45) is 4.37. The monoisotopic (exact) mass is 302 g/mol. The first kappa shape index (κ1) is 15.9. The molecule has 0 aliphatic heterocycles. The van der Waals surface area contributed by atoms with Crippen molar-refractivity contribution in [2.75, 3.05) is 25.2 Å². The van der Waals surface area contributed by atoms with E-state index in [1.165, 1.54) is 0 Å². The van der Waals surface area contributed by atoms with Gasteiger partial charge in [0.2, 0.25) is 5.95 Å². The number of nitrogens with two attached hydrogens (primary N) is 2. The maximum absolute atomic E-state index is 5.86. The minimum Gasteiger partial charge on any atom is -0.493 e. The van der Waals surface area contributed by atoms with Crippen molar-refractivity contribution in [1.29, 1.82) is 0 Å². The molecule has 0 bridgehead atoms. The van der Waals surface area contributed by atoms with Crippen molar-refractivity contribution >= 4 is 11.8 Å². The van der Waals surface area contributed by atoms with Gasteiger partial charge in [0.15, 0.2) is 11.5 Å². The van der Waals surface area contributed by atoms with Gasteiger partial charge in [0.1, 0.15) is 5.82 Å². The van der Waals surface area contributed by atoms with E-state index in [1.54, 1.807) is 13.3 Å². The highest BCUT2D eigenvalue weighted by atomic mass is 16.5. The first-order chi connectivity index (χ1) is 10.6. The van der Waals surface area contributed by atoms with Crippen LogP contribution in [0.15, 0.2) is 24.4 Å². The predicted molar refractivity (Wildman–Crippen MR) is 87.1 cm³/mol. The lowest BCUT2D eigenvalue weighted by Crippen LogP contribution is -2.04. The van der Waals surface area contributed by atoms with E-state index in [0.717, 1.165) is 29.7 Å². The normalized spacial score (nSPS) is 10.5. The molecule has 118 valence electrons. The van der Waals surface area contributed by atoms with Crippen molar-refractivity contribution < 1.29 is 9.47 Å². The molecular formula is C16H22N4O2. The maximum Gasteiger partial charge on any atom is 0.221 e. The first-order valence-corrected chi connectivity index (χ1v) is 7.30. The predicted octanol–water partition coefficient (Wildman–Crippen LogP) is 2.42. The second kappa shape index (κ2) is 7.49. The minimum absolute atomic E-state index is 0.179. The smallest absolute Gasteiger partial charge is 0.221 e. The number of benzene rings is 1. The number of nitrogen functional groups attached to an aromatic ring is 2. The molecule has 1 heterocycles. The number of unbranched alkanes of at least 4 members (excludes halogenated alkanes) is 1. The molecule has 0 aliphatic carbocycles. The minimum atomic E-state index is 0.179. The summed E-state index contributed by atoms with van der Waals surface area (Å²) in [7, 11) is 1.63. The van der Waals surface area contributed by atoms with E-state index in [2.05, 4.69) is 16.9 Å². The van der Waals surface area contributed by atoms with Gasteiger partial charge < -0.3 is 20.9 Å². The number of hydrogen-bond acceptors (Lipinski definition) is 6. The van der Waals surface area contributed by atoms with Crippen LogP contribution >= 0.6 is 0 Å². The molecule has 0 aliphatic rings. The van der Waals surface area contributed by atoms with Gasteiger partial charge in [-0.15, -0.1) is 0 Å². The fraction of sp³-hybridized carbons (Fsp3) is 0.375. The average molecular weight is 302 g/mol. The Morgan fingerprint density at radius 3 is 2.68 bits per heavy atom. The van der Waals surface area contributed by atoms with E-state index in [-0.39, 0.29) is 5.95 Å². The largest absolute Gasteiger partial charge is 0.493 e. The van der Waals surface area contributed by atoms with Crippen molar-refractivity contribution in [3.05, 3.63) is 35.5 Å². The quantitative estimate of drug-likeness (QED) is 0.762. The molecule has 0 spiro atoms. The number of aromatic nitrogens is 2. The van der Waals surface area contributed by atoms with E-state index in [0.29, 0.717) is 24.6 Å². The van der Waals surface area contributed by atoms with E-state index >= 15 is 0 Å². The van der Waals surface area contributed by atoms with Crippen LogP contribution in [0.2, 0.25) is 0 Å². The highest BCUT2D eigenvalue weighted by Crippen LogP contribution is 2.29. The first-order valence-electron chi connectivity index (χ1n) is 7.30. The lowest BCUT2D eigenvalue weighted by Gasteiger charge is -2.12. The highest BCUT2D eigenvalue weighted by molar-refractivity contribution is 5.48. The van der Waals surface area contributed by atoms with Crippen molar-refractivity contribution in [3.63, 3.8) is 0 Å². The summed E-state index contributed by atoms with van der Waals surface area (Å²) in [6, 6.07) is 5.84. The molecule has 1 aromatic heterocycles. The number of methoxy groups -OCH3 is 1. The van der Waals surface area contributed by atoms with E-state index in [4.69, 9.17) is 20.9 Å². The Balaban J connectivity index is 2.14. The van der Waals surface area contributed by atoms with E-state index in [9.17, 15) is 0 Å². The number of rotatable bonds is 7. The van der Waals surface area contributed by atoms with Crippen LogP contribution in [-0.2, 0) is 6.42 Å². The summed E-state index contributed by atoms with van der Waals surface area (Å²) in [5.74, 6) is 2.04. The topological polar surface area (TPSA) is 96.3 Å². The van der Waals surface area contributed by atoms with Gasteiger partial charge in [-0.3, -0.25) is 0 Å². The molecule has 0 unspecified atom stereocenters. The van der Waals surface area contributed by atoms with Crippen LogP contribution in [0.3, 0.4) is 0 Å². The van der Waals surface area contributed by atoms with Gasteiger partial charge in [-0.05, 0) is 24.1 Å². The van der Waals surface area contributed by atoms with Gasteiger partial charge in [0.25, 0.3) is 0 Å². The van der Waals surface area contributed by atoms with Gasteiger partial charge in [0.05, 0.1) is 13.7 Å². The molecule has 2 aromatic rings. The SMILES string of the molecule is CCCCOc1ccc(Cc2cnc(N)nc2N)cc1OC. The second-order valence-electron chi connectivity index (χ2n) is 5.00. The van der Waals surface area contributed by atoms with Gasteiger partial charge in [-0.25, -0.2) is 4.98 Å². The summed E-state index contributed by atoms with van der Waals surface area (Å²) < 4.78 is 11.1. The lowest BCUT2D eigenvalue weighted by molar-refractivity contribution is 0.288. The third-order valence-electron chi connectivity index (χ3n) is 3.29. The number of nitrogens with zero attached hydrogens (tertiary/aromatic N) is 2. The molecule has 6 heteroatoms. The highest BCUT2D eigenvalue weighted by Gasteiger charge is 2.09. The maximum atomic E-state index is 5.86. The summed E-state index contributed by atoms with van der Waals surface area (Å²) in [6.45, 7) is 2.81. The zero-order valence-electron chi connectivity index (χ0n) is 13.0. The Labute approximate surface area is 130 Å². The Morgan fingerprint density at radius 2 is 2.00 bits per heavy atom. The van der Waals surface area contributed by atoms with Crippen molar-refractivity contribution in [1.82, 2.24) is 9.97 Å². The molecular weight excluding hydrogens is 280 g/mol. The number of hydrogen-bond donors (Lipinski definition) is 2. The zero-order chi connectivity index (χ0) is 15.9. The standard InChI is InChI=1S/C16H22N4O2/c1-3-4-7-22-13-6-5-11(9-14(13)21-2)8-12-10-19-16(18)20-15(12)17/h5-6,9-10H,3-4,7-8H2,1-2H3,(H4,17,18,19,20). The molecule has 0 saturated carbocycles. The molecule has 22 heavy (non-hydrogen) atoms. The Morgan fingerprint density at radius 1 is 1.18 bits per heavy atom. The lowest BCUT2D eigenvalue weighted by atomic mass is 10.1. The summed E-state index contributed by atoms with van der Waals surface area (Å²) >= 11 is 0. The van der Waals surface area contributed by atoms with Gasteiger partial charge in [-0.1, -0.05) is 19.4 Å². The molecule has 0 atom stereocenters. The third kappa shape index (κ3) is 4.00. The van der Waals surface area contributed by atoms with Crippen LogP contribution in [0.25, 0.3) is 0 Å². The van der Waals surface area contributed by atoms with Gasteiger partial charge in [-0.2, -0.15) is 4.98 Å². The molecule has 0 fully saturated rings. The van der Waals surface area contributed by atoms with Crippen LogP contribution in [-0.4, -0.2) is 23.7 Å². The zero-order valence-corrected chi connectivity index (χ0v) is 13.0. The van der Waals surface area contributed by atoms with Gasteiger partial charge in [0, 0.05) is 18.2 Å². The Bertz CT molecular complexity index is 632. The second-order valence-corrected chi connectivity index (χ2v) is 5.00. The van der Waals surface area contributed by atoms with Crippen LogP contribution < -0.4 is 20.9 Å². The molecule has 0 amide bonds. The van der Waals surface area contributed by atoms with Crippen LogP contribution in [0.4, 0.5) is 11.8 Å². The summed E-state index contributed by atoms with van der Waals surface area (Å²) in [5.41, 5.74) is 13.2. The fourth-order valence-electron chi connectivity index (χ4n) is 2.06. The summed E-state index contributed by atoms with van der Waals surface area (Å²) in [5, 5.41) is 0. The average Bonchev–Trinajstić information content (AvgIpc) is 2.51. The van der Waals surface area contributed by atoms with Crippen molar-refractivity contribution in [3.8, 4) is 11.5 Å². The molecule has 0 saturated heterocycles. The van der Waals surface area contributed by atoms with Crippen LogP contribution in [0.1, 0.15) is 30.9 Å². The molecule has 2 rings (SSSR count). The molecule has 0 radical (unpaired) electrons. The third-order valence-corrected chi connectivity index (χ3v) is 3.29. The van der Waals surface area contributed by atoms with E-state index < -0.39 is 0 Å². The number of anilines is 2. The van der Waals surface area contributed by atoms with Crippen molar-refractivity contribution in [2.24, 2.45) is 0 Å². The molecule has 1 aromatic carbocycles. The Kier molecular flexibility index (Phi) is 5.41. The van der Waals surface area contributed by atoms with Crippen LogP contribution in [0.5, 0.6) is 11.5 Å². The van der Waals surface area contributed by atoms with Gasteiger partial charge >= 0.3 is 0 Å². The van der Waals surface area contributed by atoms with E-state index in [1.807, 2.05) is 18.2 Å². The van der Waals surface area contributed by atoms with Crippen LogP contribution in [0, 0.1) is 0 Å². The number of ether oxygens (including phenoxy) is 2. The Hall–Kier alpha value is -2.50. The summed E-state index contributed by atoms with van der Waals surface area (Å²) in [4.78, 5) is 7.95. The van der Waals surface area contributed by atoms with Crippen molar-refractivity contribution in [2.45, 2.75) is 26.2 Å². The molecule has 4 N–H and O–H groups in total. The molecule has 6 nitrogen and oxygen atoms in total.